The van der Waals surface area contributed by atoms with E-state index in [9.17, 15) is 0 Å². The summed E-state index contributed by atoms with van der Waals surface area (Å²) in [5.41, 5.74) is 3.98. The van der Waals surface area contributed by atoms with Gasteiger partial charge in [-0.05, 0) is 96.7 Å². The van der Waals surface area contributed by atoms with E-state index >= 15 is 0 Å². The minimum Gasteiger partial charge on any atom is -0.494 e. The molecule has 3 heterocycles. The summed E-state index contributed by atoms with van der Waals surface area (Å²) >= 11 is 0. The number of piperidine rings is 1. The third kappa shape index (κ3) is 31.4. The van der Waals surface area contributed by atoms with Crippen molar-refractivity contribution in [3.05, 3.63) is 90.0 Å². The van der Waals surface area contributed by atoms with Gasteiger partial charge >= 0.3 is 0 Å². The van der Waals surface area contributed by atoms with E-state index in [2.05, 4.69) is 88.8 Å². The van der Waals surface area contributed by atoms with Crippen molar-refractivity contribution < 1.29 is 9.47 Å². The zero-order valence-corrected chi connectivity index (χ0v) is 41.8. The lowest BCUT2D eigenvalue weighted by molar-refractivity contribution is 0.145. The van der Waals surface area contributed by atoms with Gasteiger partial charge in [-0.2, -0.15) is 0 Å². The van der Waals surface area contributed by atoms with Gasteiger partial charge in [0.1, 0.15) is 18.1 Å². The lowest BCUT2D eigenvalue weighted by atomic mass is 10.1. The Labute approximate surface area is 368 Å². The molecule has 0 bridgehead atoms. The Morgan fingerprint density at radius 1 is 0.407 bits per heavy atom. The normalized spacial score (nSPS) is 14.9. The number of ether oxygens (including phenoxy) is 2. The van der Waals surface area contributed by atoms with Crippen LogP contribution in [0.1, 0.15) is 120 Å². The predicted octanol–water partition coefficient (Wildman–Crippen LogP) is 12.5. The zero-order chi connectivity index (χ0) is 45.1. The molecular formula is C52H97N5O2. The topological polar surface area (TPSA) is 34.7 Å². The molecule has 6 rings (SSSR count). The first-order valence-corrected chi connectivity index (χ1v) is 24.0. The molecule has 3 fully saturated rings. The van der Waals surface area contributed by atoms with Crippen molar-refractivity contribution in [3.8, 4) is 11.5 Å². The summed E-state index contributed by atoms with van der Waals surface area (Å²) in [5, 5.41) is 0. The molecule has 59 heavy (non-hydrogen) atoms. The molecule has 0 aliphatic carbocycles. The highest BCUT2D eigenvalue weighted by Crippen LogP contribution is 2.17. The molecule has 342 valence electrons. The third-order valence-electron chi connectivity index (χ3n) is 9.27. The second-order valence-corrected chi connectivity index (χ2v) is 13.3. The van der Waals surface area contributed by atoms with Crippen LogP contribution in [-0.2, 0) is 0 Å². The van der Waals surface area contributed by atoms with Gasteiger partial charge in [-0.15, -0.1) is 0 Å². The second-order valence-electron chi connectivity index (χ2n) is 13.3. The van der Waals surface area contributed by atoms with Crippen LogP contribution < -0.4 is 14.4 Å². The average molecular weight is 824 g/mol. The zero-order valence-electron chi connectivity index (χ0n) is 41.8. The number of likely N-dealkylation sites (N-methyl/N-ethyl adjacent to an activating group) is 2. The number of para-hydroxylation sites is 1. The van der Waals surface area contributed by atoms with Crippen LogP contribution >= 0.6 is 0 Å². The molecule has 3 aliphatic heterocycles. The third-order valence-corrected chi connectivity index (χ3v) is 9.27. The molecule has 0 radical (unpaired) electrons. The van der Waals surface area contributed by atoms with Crippen molar-refractivity contribution in [1.82, 2.24) is 19.6 Å². The highest BCUT2D eigenvalue weighted by atomic mass is 16.5. The van der Waals surface area contributed by atoms with E-state index in [4.69, 9.17) is 9.47 Å². The van der Waals surface area contributed by atoms with E-state index in [1.54, 1.807) is 0 Å². The first-order valence-electron chi connectivity index (χ1n) is 24.0. The lowest BCUT2D eigenvalue weighted by Gasteiger charge is -2.34. The number of benzene rings is 3. The summed E-state index contributed by atoms with van der Waals surface area (Å²) in [5.74, 6) is 1.97. The minimum absolute atomic E-state index is 0.810. The van der Waals surface area contributed by atoms with Crippen LogP contribution in [0.15, 0.2) is 78.9 Å². The smallest absolute Gasteiger partial charge is 0.119 e. The van der Waals surface area contributed by atoms with E-state index in [-0.39, 0.29) is 0 Å². The van der Waals surface area contributed by atoms with Crippen molar-refractivity contribution >= 4 is 5.69 Å². The quantitative estimate of drug-likeness (QED) is 0.188. The largest absolute Gasteiger partial charge is 0.494 e. The Kier molecular flexibility index (Phi) is 45.4. The highest BCUT2D eigenvalue weighted by Gasteiger charge is 2.14. The monoisotopic (exact) mass is 824 g/mol. The number of hydrogen-bond donors (Lipinski definition) is 0. The van der Waals surface area contributed by atoms with Crippen LogP contribution in [0, 0.1) is 13.8 Å². The number of piperazine rings is 2. The Hall–Kier alpha value is -3.10. The Morgan fingerprint density at radius 3 is 1.31 bits per heavy atom. The van der Waals surface area contributed by atoms with Gasteiger partial charge in [0.15, 0.2) is 0 Å². The summed E-state index contributed by atoms with van der Waals surface area (Å²) < 4.78 is 11.4. The van der Waals surface area contributed by atoms with Crippen LogP contribution in [0.2, 0.25) is 0 Å². The molecule has 3 aliphatic rings. The van der Waals surface area contributed by atoms with Gasteiger partial charge < -0.3 is 29.1 Å². The van der Waals surface area contributed by atoms with Crippen molar-refractivity contribution in [3.63, 3.8) is 0 Å². The summed E-state index contributed by atoms with van der Waals surface area (Å²) in [6, 6.07) is 27.2. The van der Waals surface area contributed by atoms with Crippen molar-refractivity contribution in [2.45, 2.75) is 123 Å². The van der Waals surface area contributed by atoms with Gasteiger partial charge in [0.25, 0.3) is 0 Å². The van der Waals surface area contributed by atoms with Crippen molar-refractivity contribution in [2.24, 2.45) is 0 Å². The fourth-order valence-corrected chi connectivity index (χ4v) is 6.00. The molecule has 0 aromatic heterocycles. The van der Waals surface area contributed by atoms with E-state index < -0.39 is 0 Å². The standard InChI is InChI=1S/C15H24N2O.C13H19NO.C12H18N2.6C2H6/c1-14-4-6-15(7-5-14)18-13-3-8-17-11-9-16(2)10-12-17;1-3-7-13(8-4-1)15-12-11-14-9-5-2-6-10-14;1-11-3-5-12(6-4-11)14-9-7-13(2)8-10-14;6*1-2/h4-7H,3,8-13H2,1-2H3;1,3-4,7-8H,2,5-6,9-12H2;3-6H,7-10H2,1-2H3;6*1-2H3. The first-order chi connectivity index (χ1) is 28.9. The van der Waals surface area contributed by atoms with Gasteiger partial charge in [0.05, 0.1) is 6.61 Å². The molecule has 0 amide bonds. The second kappa shape index (κ2) is 44.5. The number of aryl methyl sites for hydroxylation is 2. The van der Waals surface area contributed by atoms with E-state index in [1.807, 2.05) is 126 Å². The number of hydrogen-bond acceptors (Lipinski definition) is 7. The molecule has 0 spiro atoms. The number of likely N-dealkylation sites (tertiary alicyclic amines) is 1. The van der Waals surface area contributed by atoms with Crippen LogP contribution in [0.3, 0.4) is 0 Å². The number of rotatable bonds is 10. The van der Waals surface area contributed by atoms with Crippen molar-refractivity contribution in [2.75, 3.05) is 111 Å². The summed E-state index contributed by atoms with van der Waals surface area (Å²) in [6.07, 6.45) is 5.21. The van der Waals surface area contributed by atoms with Crippen LogP contribution in [0.25, 0.3) is 0 Å². The van der Waals surface area contributed by atoms with Crippen LogP contribution in [0.4, 0.5) is 5.69 Å². The predicted molar refractivity (Wildman–Crippen MR) is 266 cm³/mol. The molecule has 0 saturated carbocycles. The molecule has 0 N–H and O–H groups in total. The maximum atomic E-state index is 5.74. The highest BCUT2D eigenvalue weighted by molar-refractivity contribution is 5.47. The molecule has 0 unspecified atom stereocenters. The molecule has 3 aromatic rings. The van der Waals surface area contributed by atoms with Crippen LogP contribution in [0.5, 0.6) is 11.5 Å². The van der Waals surface area contributed by atoms with Gasteiger partial charge in [0.2, 0.25) is 0 Å². The van der Waals surface area contributed by atoms with Crippen LogP contribution in [-0.4, -0.2) is 125 Å². The van der Waals surface area contributed by atoms with E-state index in [0.29, 0.717) is 0 Å². The van der Waals surface area contributed by atoms with Gasteiger partial charge in [-0.3, -0.25) is 4.90 Å². The minimum atomic E-state index is 0.810. The van der Waals surface area contributed by atoms with E-state index in [1.165, 1.54) is 88.4 Å². The SMILES string of the molecule is CC.CC.CC.CC.CC.CC.Cc1ccc(N2CCN(C)CC2)cc1.Cc1ccc(OCCCN2CCN(C)CC2)cc1.c1ccc(OCCN2CCCCC2)cc1. The Morgan fingerprint density at radius 2 is 0.814 bits per heavy atom. The molecule has 7 nitrogen and oxygen atoms in total. The fourth-order valence-electron chi connectivity index (χ4n) is 6.00. The average Bonchev–Trinajstić information content (AvgIpc) is 3.32. The maximum Gasteiger partial charge on any atom is 0.119 e. The fraction of sp³-hybridized carbons (Fsp3) is 0.654. The maximum absolute atomic E-state index is 5.74. The lowest BCUT2D eigenvalue weighted by Crippen LogP contribution is -2.44. The van der Waals surface area contributed by atoms with Gasteiger partial charge in [-0.25, -0.2) is 0 Å². The molecular weight excluding hydrogens is 727 g/mol. The summed E-state index contributed by atoms with van der Waals surface area (Å²) in [4.78, 5) is 12.2. The van der Waals surface area contributed by atoms with Gasteiger partial charge in [0, 0.05) is 71.1 Å². The van der Waals surface area contributed by atoms with Crippen molar-refractivity contribution in [1.29, 1.82) is 0 Å². The molecule has 3 saturated heterocycles. The molecule has 0 atom stereocenters. The first kappa shape index (κ1) is 60.2. The van der Waals surface area contributed by atoms with Gasteiger partial charge in [-0.1, -0.05) is 143 Å². The molecule has 3 aromatic carbocycles. The summed E-state index contributed by atoms with van der Waals surface area (Å²) in [6.45, 7) is 44.0. The summed E-state index contributed by atoms with van der Waals surface area (Å²) in [7, 11) is 4.38. The molecule has 7 heteroatoms. The number of nitrogens with zero attached hydrogens (tertiary/aromatic N) is 5. The Balaban J connectivity index is -0.000000709. The number of anilines is 1. The Bertz CT molecular complexity index is 1200. The van der Waals surface area contributed by atoms with E-state index in [0.717, 1.165) is 57.3 Å².